The predicted molar refractivity (Wildman–Crippen MR) is 117 cm³/mol. The fourth-order valence-corrected chi connectivity index (χ4v) is 2.51. The fraction of sp³-hybridized carbons (Fsp3) is 0.136. The van der Waals surface area contributed by atoms with Crippen LogP contribution in [0.25, 0.3) is 6.08 Å². The highest BCUT2D eigenvalue weighted by atomic mass is 16.5. The van der Waals surface area contributed by atoms with E-state index in [0.717, 1.165) is 0 Å². The van der Waals surface area contributed by atoms with Gasteiger partial charge in [-0.05, 0) is 35.9 Å². The van der Waals surface area contributed by atoms with Crippen molar-refractivity contribution in [2.24, 2.45) is 5.11 Å². The first kappa shape index (κ1) is 23.8. The molecule has 10 nitrogen and oxygen atoms in total. The Bertz CT molecular complexity index is 1050. The molecule has 0 saturated heterocycles. The molecule has 0 radical (unpaired) electrons. The first-order valence-electron chi connectivity index (χ1n) is 9.34. The van der Waals surface area contributed by atoms with E-state index in [0.29, 0.717) is 23.3 Å². The summed E-state index contributed by atoms with van der Waals surface area (Å²) in [6.07, 6.45) is 4.90. The van der Waals surface area contributed by atoms with Gasteiger partial charge in [-0.25, -0.2) is 10.3 Å². The smallest absolute Gasteiger partial charge is 0.337 e. The Morgan fingerprint density at radius 1 is 1.19 bits per heavy atom. The minimum absolute atomic E-state index is 0.00777. The molecule has 0 fully saturated rings. The lowest BCUT2D eigenvalue weighted by atomic mass is 10.1. The zero-order chi connectivity index (χ0) is 23.3. The number of nitrogens with zero attached hydrogens (tertiary/aromatic N) is 1. The number of carboxylic acid groups (broad SMARTS) is 1. The van der Waals surface area contributed by atoms with Crippen molar-refractivity contribution in [1.82, 2.24) is 5.32 Å². The number of para-hydroxylation sites is 1. The number of hydrogen-bond acceptors (Lipinski definition) is 8. The molecule has 0 heterocycles. The summed E-state index contributed by atoms with van der Waals surface area (Å²) in [7, 11) is 1.46. The van der Waals surface area contributed by atoms with Crippen LogP contribution in [0, 0.1) is 5.53 Å². The number of carbonyl (C=O) groups is 3. The monoisotopic (exact) mass is 438 g/mol. The maximum absolute atomic E-state index is 12.2. The number of hydrogen-bond donors (Lipinski definition) is 4. The molecule has 0 aliphatic heterocycles. The van der Waals surface area contributed by atoms with Gasteiger partial charge in [-0.15, -0.1) is 0 Å². The second kappa shape index (κ2) is 12.3. The quantitative estimate of drug-likeness (QED) is 0.172. The third kappa shape index (κ3) is 7.10. The van der Waals surface area contributed by atoms with Gasteiger partial charge in [-0.1, -0.05) is 18.2 Å². The van der Waals surface area contributed by atoms with Crippen molar-refractivity contribution in [2.45, 2.75) is 0 Å². The predicted octanol–water partition coefficient (Wildman–Crippen LogP) is 3.08. The minimum Gasteiger partial charge on any atom is -0.493 e. The van der Waals surface area contributed by atoms with Crippen LogP contribution in [0.1, 0.15) is 15.9 Å². The van der Waals surface area contributed by atoms with Crippen molar-refractivity contribution in [3.63, 3.8) is 0 Å². The number of aldehydes is 1. The number of benzene rings is 2. The summed E-state index contributed by atoms with van der Waals surface area (Å²) >= 11 is 0. The van der Waals surface area contributed by atoms with Gasteiger partial charge in [0.05, 0.1) is 24.9 Å². The molecule has 0 saturated carbocycles. The molecule has 0 aliphatic carbocycles. The third-order valence-electron chi connectivity index (χ3n) is 4.02. The van der Waals surface area contributed by atoms with E-state index in [-0.39, 0.29) is 30.1 Å². The van der Waals surface area contributed by atoms with E-state index in [1.165, 1.54) is 31.5 Å². The molecule has 0 spiro atoms. The van der Waals surface area contributed by atoms with Crippen LogP contribution in [0.15, 0.2) is 65.6 Å². The summed E-state index contributed by atoms with van der Waals surface area (Å²) in [6.45, 7) is 0.0745. The van der Waals surface area contributed by atoms with E-state index in [1.807, 2.05) is 0 Å². The molecular weight excluding hydrogens is 416 g/mol. The number of carbonyl (C=O) groups excluding carboxylic acids is 2. The van der Waals surface area contributed by atoms with Gasteiger partial charge in [0, 0.05) is 12.3 Å². The van der Waals surface area contributed by atoms with Crippen molar-refractivity contribution in [3.8, 4) is 11.5 Å². The lowest BCUT2D eigenvalue weighted by Crippen LogP contribution is -2.11. The molecule has 0 atom stereocenters. The summed E-state index contributed by atoms with van der Waals surface area (Å²) in [5.74, 6) is -0.836. The van der Waals surface area contributed by atoms with Gasteiger partial charge in [0.2, 0.25) is 5.91 Å². The van der Waals surface area contributed by atoms with Crippen LogP contribution in [0.5, 0.6) is 11.5 Å². The van der Waals surface area contributed by atoms with E-state index in [4.69, 9.17) is 15.0 Å². The van der Waals surface area contributed by atoms with Gasteiger partial charge < -0.3 is 30.0 Å². The van der Waals surface area contributed by atoms with Crippen LogP contribution >= 0.6 is 0 Å². The van der Waals surface area contributed by atoms with Crippen molar-refractivity contribution >= 4 is 29.9 Å². The Morgan fingerprint density at radius 2 is 1.97 bits per heavy atom. The topological polar surface area (TPSA) is 150 Å². The average molecular weight is 438 g/mol. The van der Waals surface area contributed by atoms with Crippen molar-refractivity contribution in [3.05, 3.63) is 71.6 Å². The highest BCUT2D eigenvalue weighted by Gasteiger charge is 2.10. The summed E-state index contributed by atoms with van der Waals surface area (Å²) in [5, 5.41) is 17.7. The summed E-state index contributed by atoms with van der Waals surface area (Å²) < 4.78 is 10.9. The molecule has 2 aromatic rings. The highest BCUT2D eigenvalue weighted by Crippen LogP contribution is 2.29. The van der Waals surface area contributed by atoms with Crippen molar-refractivity contribution in [2.75, 3.05) is 25.6 Å². The number of rotatable bonds is 12. The molecule has 32 heavy (non-hydrogen) atoms. The van der Waals surface area contributed by atoms with Gasteiger partial charge in [0.1, 0.15) is 18.6 Å². The number of carboxylic acids is 1. The Balaban J connectivity index is 2.05. The third-order valence-corrected chi connectivity index (χ3v) is 4.02. The standard InChI is InChI=1S/C22H22N4O6/c1-31-20-12-15(6-8-19(20)32-14-16(26-23)13-24-10-11-27)7-9-21(28)25-18-5-3-2-4-17(18)22(29)30/h2-9,11-13,23-24H,10,14H2,1H3,(H,25,28)(H,29,30)/b9-7+,16-13-,26-23?. The number of nitrogens with one attached hydrogen (secondary N) is 3. The molecule has 2 aromatic carbocycles. The van der Waals surface area contributed by atoms with Crippen LogP contribution in [0.2, 0.25) is 0 Å². The molecule has 0 unspecified atom stereocenters. The van der Waals surface area contributed by atoms with Gasteiger partial charge in [0.15, 0.2) is 11.5 Å². The zero-order valence-corrected chi connectivity index (χ0v) is 17.2. The van der Waals surface area contributed by atoms with Crippen molar-refractivity contribution in [1.29, 1.82) is 5.53 Å². The van der Waals surface area contributed by atoms with Crippen LogP contribution in [-0.4, -0.2) is 43.5 Å². The molecule has 10 heteroatoms. The minimum atomic E-state index is -1.14. The van der Waals surface area contributed by atoms with Gasteiger partial charge >= 0.3 is 5.97 Å². The molecule has 2 rings (SSSR count). The Kier molecular flexibility index (Phi) is 9.13. The maximum atomic E-state index is 12.2. The average Bonchev–Trinajstić information content (AvgIpc) is 2.80. The van der Waals surface area contributed by atoms with Crippen molar-refractivity contribution < 1.29 is 29.0 Å². The number of amides is 1. The maximum Gasteiger partial charge on any atom is 0.337 e. The molecule has 166 valence electrons. The van der Waals surface area contributed by atoms with E-state index in [2.05, 4.69) is 15.7 Å². The second-order valence-electron chi connectivity index (χ2n) is 6.19. The molecular formula is C22H22N4O6. The summed E-state index contributed by atoms with van der Waals surface area (Å²) in [6, 6.07) is 11.1. The normalized spacial score (nSPS) is 11.0. The molecule has 0 bridgehead atoms. The molecule has 0 aromatic heterocycles. The Hall–Kier alpha value is -4.47. The number of ether oxygens (including phenoxy) is 2. The van der Waals surface area contributed by atoms with Gasteiger partial charge in [-0.3, -0.25) is 4.79 Å². The summed E-state index contributed by atoms with van der Waals surface area (Å²) in [4.78, 5) is 33.8. The first-order valence-corrected chi connectivity index (χ1v) is 9.34. The number of anilines is 1. The Labute approximate surface area is 184 Å². The molecule has 0 aliphatic rings. The van der Waals surface area contributed by atoms with Gasteiger partial charge in [0.25, 0.3) is 0 Å². The van der Waals surface area contributed by atoms with Gasteiger partial charge in [-0.2, -0.15) is 5.11 Å². The van der Waals surface area contributed by atoms with E-state index >= 15 is 0 Å². The second-order valence-corrected chi connectivity index (χ2v) is 6.19. The summed E-state index contributed by atoms with van der Waals surface area (Å²) in [5.41, 5.74) is 8.25. The largest absolute Gasteiger partial charge is 0.493 e. The lowest BCUT2D eigenvalue weighted by molar-refractivity contribution is -0.112. The first-order chi connectivity index (χ1) is 15.5. The number of methoxy groups -OCH3 is 1. The van der Waals surface area contributed by atoms with Crippen LogP contribution < -0.4 is 20.1 Å². The van der Waals surface area contributed by atoms with Crippen LogP contribution in [-0.2, 0) is 9.59 Å². The van der Waals surface area contributed by atoms with E-state index in [1.54, 1.807) is 36.4 Å². The lowest BCUT2D eigenvalue weighted by Gasteiger charge is -2.11. The fourth-order valence-electron chi connectivity index (χ4n) is 2.51. The molecule has 1 amide bonds. The SMILES string of the molecule is COc1cc(/C=C/C(=O)Nc2ccccc2C(=O)O)ccc1OC/C(=C/NCC=O)N=N. The number of aromatic carboxylic acids is 1. The van der Waals surface area contributed by atoms with Crippen LogP contribution in [0.4, 0.5) is 5.69 Å². The molecule has 4 N–H and O–H groups in total. The van der Waals surface area contributed by atoms with E-state index < -0.39 is 11.9 Å². The highest BCUT2D eigenvalue weighted by molar-refractivity contribution is 6.06. The van der Waals surface area contributed by atoms with E-state index in [9.17, 15) is 19.5 Å². The zero-order valence-electron chi connectivity index (χ0n) is 17.2. The van der Waals surface area contributed by atoms with Crippen LogP contribution in [0.3, 0.4) is 0 Å². The Morgan fingerprint density at radius 3 is 2.66 bits per heavy atom.